The van der Waals surface area contributed by atoms with E-state index in [1.165, 1.54) is 0 Å². The SMILES string of the molecule is COc1ccccc1CN(C(=O)NCCc1nc(C2CC2)no1)C1CC1. The molecule has 0 saturated heterocycles. The minimum Gasteiger partial charge on any atom is -0.496 e. The first kappa shape index (κ1) is 16.9. The summed E-state index contributed by atoms with van der Waals surface area (Å²) < 4.78 is 10.7. The first-order valence-electron chi connectivity index (χ1n) is 9.23. The van der Waals surface area contributed by atoms with E-state index in [1.54, 1.807) is 7.11 Å². The second-order valence-corrected chi connectivity index (χ2v) is 6.97. The summed E-state index contributed by atoms with van der Waals surface area (Å²) in [6, 6.07) is 8.08. The van der Waals surface area contributed by atoms with Crippen LogP contribution < -0.4 is 10.1 Å². The van der Waals surface area contributed by atoms with Gasteiger partial charge in [-0.25, -0.2) is 4.79 Å². The lowest BCUT2D eigenvalue weighted by molar-refractivity contribution is 0.191. The van der Waals surface area contributed by atoms with Crippen molar-refractivity contribution >= 4 is 6.03 Å². The molecule has 1 aromatic heterocycles. The summed E-state index contributed by atoms with van der Waals surface area (Å²) in [4.78, 5) is 18.9. The fourth-order valence-corrected chi connectivity index (χ4v) is 3.02. The molecule has 2 aliphatic carbocycles. The van der Waals surface area contributed by atoms with Gasteiger partial charge in [0.25, 0.3) is 0 Å². The van der Waals surface area contributed by atoms with Gasteiger partial charge < -0.3 is 19.5 Å². The van der Waals surface area contributed by atoms with Crippen LogP contribution in [-0.4, -0.2) is 40.8 Å². The normalized spacial score (nSPS) is 16.3. The average molecular weight is 356 g/mol. The van der Waals surface area contributed by atoms with Crippen molar-refractivity contribution in [1.29, 1.82) is 0 Å². The third-order valence-corrected chi connectivity index (χ3v) is 4.82. The van der Waals surface area contributed by atoms with Gasteiger partial charge in [0, 0.05) is 30.5 Å². The lowest BCUT2D eigenvalue weighted by atomic mass is 10.2. The van der Waals surface area contributed by atoms with Gasteiger partial charge in [-0.3, -0.25) is 0 Å². The Bertz CT molecular complexity index is 768. The Hall–Kier alpha value is -2.57. The summed E-state index contributed by atoms with van der Waals surface area (Å²) in [7, 11) is 1.65. The summed E-state index contributed by atoms with van der Waals surface area (Å²) in [6.07, 6.45) is 4.95. The maximum Gasteiger partial charge on any atom is 0.317 e. The maximum absolute atomic E-state index is 12.6. The Kier molecular flexibility index (Phi) is 4.77. The van der Waals surface area contributed by atoms with E-state index in [2.05, 4.69) is 15.5 Å². The molecule has 2 saturated carbocycles. The molecule has 0 radical (unpaired) electrons. The van der Waals surface area contributed by atoms with Crippen LogP contribution in [0.1, 0.15) is 48.9 Å². The summed E-state index contributed by atoms with van der Waals surface area (Å²) in [6.45, 7) is 1.03. The number of aromatic nitrogens is 2. The van der Waals surface area contributed by atoms with Gasteiger partial charge >= 0.3 is 6.03 Å². The number of benzene rings is 1. The second kappa shape index (κ2) is 7.35. The number of nitrogens with one attached hydrogen (secondary N) is 1. The first-order valence-corrected chi connectivity index (χ1v) is 9.23. The van der Waals surface area contributed by atoms with Crippen LogP contribution in [0.25, 0.3) is 0 Å². The van der Waals surface area contributed by atoms with E-state index < -0.39 is 0 Å². The molecule has 0 atom stereocenters. The largest absolute Gasteiger partial charge is 0.496 e. The lowest BCUT2D eigenvalue weighted by Gasteiger charge is -2.23. The molecule has 138 valence electrons. The molecule has 7 nitrogen and oxygen atoms in total. The van der Waals surface area contributed by atoms with Gasteiger partial charge in [-0.2, -0.15) is 4.98 Å². The predicted octanol–water partition coefficient (Wildman–Crippen LogP) is 2.87. The Morgan fingerprint density at radius 1 is 1.31 bits per heavy atom. The zero-order valence-corrected chi connectivity index (χ0v) is 15.0. The van der Waals surface area contributed by atoms with Gasteiger partial charge in [0.1, 0.15) is 5.75 Å². The number of carbonyl (C=O) groups is 1. The summed E-state index contributed by atoms with van der Waals surface area (Å²) in [5.74, 6) is 2.69. The first-order chi connectivity index (χ1) is 12.7. The van der Waals surface area contributed by atoms with Gasteiger partial charge in [-0.05, 0) is 31.7 Å². The topological polar surface area (TPSA) is 80.5 Å². The van der Waals surface area contributed by atoms with Crippen LogP contribution >= 0.6 is 0 Å². The Balaban J connectivity index is 1.32. The van der Waals surface area contributed by atoms with E-state index >= 15 is 0 Å². The molecule has 0 bridgehead atoms. The fourth-order valence-electron chi connectivity index (χ4n) is 3.02. The molecule has 1 aromatic carbocycles. The average Bonchev–Trinajstić information content (AvgIpc) is 3.59. The lowest BCUT2D eigenvalue weighted by Crippen LogP contribution is -2.41. The van der Waals surface area contributed by atoms with Gasteiger partial charge in [-0.1, -0.05) is 23.4 Å². The summed E-state index contributed by atoms with van der Waals surface area (Å²) in [5, 5.41) is 6.98. The number of para-hydroxylation sites is 1. The highest BCUT2D eigenvalue weighted by Gasteiger charge is 2.33. The quantitative estimate of drug-likeness (QED) is 0.787. The standard InChI is InChI=1S/C19H24N4O3/c1-25-16-5-3-2-4-14(16)12-23(15-8-9-15)19(24)20-11-10-17-21-18(22-26-17)13-6-7-13/h2-5,13,15H,6-12H2,1H3,(H,20,24). The van der Waals surface area contributed by atoms with E-state index in [4.69, 9.17) is 9.26 Å². The van der Waals surface area contributed by atoms with E-state index in [1.807, 2.05) is 29.2 Å². The molecule has 1 heterocycles. The van der Waals surface area contributed by atoms with Gasteiger partial charge in [0.15, 0.2) is 5.82 Å². The Labute approximate surface area is 152 Å². The Morgan fingerprint density at radius 2 is 2.12 bits per heavy atom. The second-order valence-electron chi connectivity index (χ2n) is 6.97. The van der Waals surface area contributed by atoms with Crippen LogP contribution in [0.5, 0.6) is 5.75 Å². The predicted molar refractivity (Wildman–Crippen MR) is 94.9 cm³/mol. The molecule has 26 heavy (non-hydrogen) atoms. The van der Waals surface area contributed by atoms with E-state index in [9.17, 15) is 4.79 Å². The van der Waals surface area contributed by atoms with E-state index in [0.717, 1.165) is 42.8 Å². The summed E-state index contributed by atoms with van der Waals surface area (Å²) >= 11 is 0. The van der Waals surface area contributed by atoms with Crippen molar-refractivity contribution in [2.75, 3.05) is 13.7 Å². The third kappa shape index (κ3) is 3.98. The van der Waals surface area contributed by atoms with Gasteiger partial charge in [0.05, 0.1) is 13.7 Å². The minimum absolute atomic E-state index is 0.0552. The zero-order valence-electron chi connectivity index (χ0n) is 15.0. The highest BCUT2D eigenvalue weighted by Crippen LogP contribution is 2.38. The third-order valence-electron chi connectivity index (χ3n) is 4.82. The molecule has 0 unspecified atom stereocenters. The van der Waals surface area contributed by atoms with Crippen molar-refractivity contribution < 1.29 is 14.1 Å². The van der Waals surface area contributed by atoms with Crippen molar-refractivity contribution in [3.05, 3.63) is 41.5 Å². The molecule has 0 spiro atoms. The van der Waals surface area contributed by atoms with Crippen molar-refractivity contribution in [2.24, 2.45) is 0 Å². The van der Waals surface area contributed by atoms with Crippen LogP contribution in [-0.2, 0) is 13.0 Å². The number of urea groups is 1. The highest BCUT2D eigenvalue weighted by atomic mass is 16.5. The number of amides is 2. The molecule has 2 aromatic rings. The number of methoxy groups -OCH3 is 1. The van der Waals surface area contributed by atoms with Crippen molar-refractivity contribution in [1.82, 2.24) is 20.4 Å². The van der Waals surface area contributed by atoms with E-state index in [0.29, 0.717) is 37.4 Å². The highest BCUT2D eigenvalue weighted by molar-refractivity contribution is 5.75. The number of nitrogens with zero attached hydrogens (tertiary/aromatic N) is 3. The zero-order chi connectivity index (χ0) is 17.9. The fraction of sp³-hybridized carbons (Fsp3) is 0.526. The van der Waals surface area contributed by atoms with Crippen LogP contribution in [0.15, 0.2) is 28.8 Å². The monoisotopic (exact) mass is 356 g/mol. The smallest absolute Gasteiger partial charge is 0.317 e. The number of rotatable bonds is 8. The van der Waals surface area contributed by atoms with Crippen molar-refractivity contribution in [3.8, 4) is 5.75 Å². The Morgan fingerprint density at radius 3 is 2.85 bits per heavy atom. The molecule has 0 aliphatic heterocycles. The maximum atomic E-state index is 12.6. The number of hydrogen-bond acceptors (Lipinski definition) is 5. The van der Waals surface area contributed by atoms with Crippen LogP contribution in [0, 0.1) is 0 Å². The number of ether oxygens (including phenoxy) is 1. The molecule has 4 rings (SSSR count). The molecular formula is C19H24N4O3. The van der Waals surface area contributed by atoms with Crippen LogP contribution in [0.2, 0.25) is 0 Å². The molecule has 2 aliphatic rings. The van der Waals surface area contributed by atoms with Crippen molar-refractivity contribution in [2.45, 2.75) is 50.6 Å². The van der Waals surface area contributed by atoms with Gasteiger partial charge in [0.2, 0.25) is 5.89 Å². The molecule has 2 amide bonds. The van der Waals surface area contributed by atoms with Crippen LogP contribution in [0.3, 0.4) is 0 Å². The molecular weight excluding hydrogens is 332 g/mol. The molecule has 2 fully saturated rings. The number of hydrogen-bond donors (Lipinski definition) is 1. The van der Waals surface area contributed by atoms with Gasteiger partial charge in [-0.15, -0.1) is 0 Å². The molecule has 7 heteroatoms. The molecule has 1 N–H and O–H groups in total. The number of carbonyl (C=O) groups excluding carboxylic acids is 1. The van der Waals surface area contributed by atoms with E-state index in [-0.39, 0.29) is 6.03 Å². The van der Waals surface area contributed by atoms with Crippen molar-refractivity contribution in [3.63, 3.8) is 0 Å². The minimum atomic E-state index is -0.0552. The summed E-state index contributed by atoms with van der Waals surface area (Å²) in [5.41, 5.74) is 1.02. The van der Waals surface area contributed by atoms with Crippen LogP contribution in [0.4, 0.5) is 4.79 Å².